The molecule has 2 aromatic rings. The van der Waals surface area contributed by atoms with E-state index in [9.17, 15) is 14.7 Å². The van der Waals surface area contributed by atoms with Crippen LogP contribution < -0.4 is 11.1 Å². The Balaban J connectivity index is 2.54. The fourth-order valence-electron chi connectivity index (χ4n) is 1.82. The Kier molecular flexibility index (Phi) is 3.63. The highest BCUT2D eigenvalue weighted by Crippen LogP contribution is 2.30. The Bertz CT molecular complexity index is 807. The zero-order valence-electron chi connectivity index (χ0n) is 11.0. The summed E-state index contributed by atoms with van der Waals surface area (Å²) in [5, 5.41) is 21.0. The Morgan fingerprint density at radius 3 is 2.62 bits per heavy atom. The molecule has 0 unspecified atom stereocenters. The number of para-hydroxylation sites is 1. The summed E-state index contributed by atoms with van der Waals surface area (Å²) in [6, 6.07) is 8.20. The first-order chi connectivity index (χ1) is 9.95. The summed E-state index contributed by atoms with van der Waals surface area (Å²) in [6.45, 7) is 1.21. The molecule has 106 valence electrons. The van der Waals surface area contributed by atoms with E-state index in [4.69, 9.17) is 15.4 Å². The molecule has 0 spiro atoms. The van der Waals surface area contributed by atoms with Crippen molar-refractivity contribution in [2.75, 3.05) is 5.32 Å². The molecular weight excluding hydrogens is 274 g/mol. The highest BCUT2D eigenvalue weighted by atomic mass is 16.3. The minimum atomic E-state index is -0.857. The van der Waals surface area contributed by atoms with Gasteiger partial charge in [-0.3, -0.25) is 9.59 Å². The van der Waals surface area contributed by atoms with E-state index in [1.165, 1.54) is 6.92 Å². The fraction of sp³-hybridized carbons (Fsp3) is 0.0714. The monoisotopic (exact) mass is 285 g/mol. The van der Waals surface area contributed by atoms with Gasteiger partial charge in [-0.15, -0.1) is 0 Å². The van der Waals surface area contributed by atoms with Gasteiger partial charge >= 0.3 is 0 Å². The van der Waals surface area contributed by atoms with E-state index in [1.807, 2.05) is 0 Å². The van der Waals surface area contributed by atoms with Gasteiger partial charge in [-0.25, -0.2) is 0 Å². The Morgan fingerprint density at radius 1 is 1.38 bits per heavy atom. The van der Waals surface area contributed by atoms with Gasteiger partial charge in [0.25, 0.3) is 11.8 Å². The van der Waals surface area contributed by atoms with E-state index < -0.39 is 23.1 Å². The van der Waals surface area contributed by atoms with Crippen LogP contribution in [0.5, 0.6) is 0 Å². The molecule has 0 aliphatic carbocycles. The Labute approximate surface area is 119 Å². The molecule has 2 amide bonds. The first-order valence-corrected chi connectivity index (χ1v) is 5.88. The molecule has 0 fully saturated rings. The van der Waals surface area contributed by atoms with Crippen molar-refractivity contribution in [2.45, 2.75) is 6.92 Å². The minimum absolute atomic E-state index is 0.0668. The number of nitriles is 1. The van der Waals surface area contributed by atoms with Gasteiger partial charge < -0.3 is 20.6 Å². The van der Waals surface area contributed by atoms with Crippen LogP contribution in [0.1, 0.15) is 17.5 Å². The lowest BCUT2D eigenvalue weighted by molar-refractivity contribution is -0.112. The average molecular weight is 285 g/mol. The second-order valence-corrected chi connectivity index (χ2v) is 4.19. The first-order valence-electron chi connectivity index (χ1n) is 5.88. The Hall–Kier alpha value is -3.27. The van der Waals surface area contributed by atoms with E-state index in [0.717, 1.165) is 0 Å². The van der Waals surface area contributed by atoms with Gasteiger partial charge in [0.2, 0.25) is 5.76 Å². The van der Waals surface area contributed by atoms with Crippen molar-refractivity contribution in [1.82, 2.24) is 0 Å². The summed E-state index contributed by atoms with van der Waals surface area (Å²) >= 11 is 0. The molecule has 7 nitrogen and oxygen atoms in total. The lowest BCUT2D eigenvalue weighted by Gasteiger charge is -2.04. The minimum Gasteiger partial charge on any atom is -0.511 e. The summed E-state index contributed by atoms with van der Waals surface area (Å²) in [7, 11) is 0. The molecule has 0 aliphatic rings. The molecule has 0 saturated carbocycles. The van der Waals surface area contributed by atoms with Crippen molar-refractivity contribution in [1.29, 1.82) is 5.26 Å². The molecule has 0 aliphatic heterocycles. The maximum Gasteiger partial charge on any atom is 0.286 e. The zero-order valence-corrected chi connectivity index (χ0v) is 11.0. The van der Waals surface area contributed by atoms with E-state index in [2.05, 4.69) is 5.32 Å². The van der Waals surface area contributed by atoms with Gasteiger partial charge in [-0.1, -0.05) is 12.1 Å². The van der Waals surface area contributed by atoms with Crippen LogP contribution in [-0.2, 0) is 4.79 Å². The highest BCUT2D eigenvalue weighted by molar-refractivity contribution is 6.15. The number of fused-ring (bicyclic) bond motifs is 1. The number of aliphatic hydroxyl groups excluding tert-OH is 1. The van der Waals surface area contributed by atoms with Crippen LogP contribution in [-0.4, -0.2) is 16.9 Å². The van der Waals surface area contributed by atoms with E-state index >= 15 is 0 Å². The second kappa shape index (κ2) is 5.38. The predicted molar refractivity (Wildman–Crippen MR) is 74.3 cm³/mol. The number of hydrogen-bond donors (Lipinski definition) is 3. The van der Waals surface area contributed by atoms with Crippen molar-refractivity contribution in [3.63, 3.8) is 0 Å². The molecule has 0 radical (unpaired) electrons. The number of aliphatic hydroxyl groups is 1. The number of rotatable bonds is 3. The van der Waals surface area contributed by atoms with Crippen molar-refractivity contribution in [2.24, 2.45) is 5.73 Å². The molecule has 0 saturated heterocycles. The summed E-state index contributed by atoms with van der Waals surface area (Å²) in [4.78, 5) is 23.4. The van der Waals surface area contributed by atoms with Gasteiger partial charge in [-0.05, 0) is 19.1 Å². The number of benzene rings is 1. The van der Waals surface area contributed by atoms with Crippen molar-refractivity contribution in [3.05, 3.63) is 41.4 Å². The van der Waals surface area contributed by atoms with Crippen LogP contribution in [0.3, 0.4) is 0 Å². The van der Waals surface area contributed by atoms with Gasteiger partial charge in [0.05, 0.1) is 0 Å². The van der Waals surface area contributed by atoms with Gasteiger partial charge in [-0.2, -0.15) is 5.26 Å². The first kappa shape index (κ1) is 14.1. The van der Waals surface area contributed by atoms with Gasteiger partial charge in [0.15, 0.2) is 5.57 Å². The molecule has 1 aromatic carbocycles. The number of furan rings is 1. The van der Waals surface area contributed by atoms with Crippen molar-refractivity contribution >= 4 is 28.5 Å². The maximum absolute atomic E-state index is 12.0. The van der Waals surface area contributed by atoms with Crippen molar-refractivity contribution < 1.29 is 19.1 Å². The van der Waals surface area contributed by atoms with Gasteiger partial charge in [0, 0.05) is 5.39 Å². The smallest absolute Gasteiger partial charge is 0.286 e. The third-order valence-corrected chi connectivity index (χ3v) is 2.76. The lowest BCUT2D eigenvalue weighted by Crippen LogP contribution is -2.18. The number of carbonyl (C=O) groups is 2. The molecule has 0 atom stereocenters. The molecule has 7 heteroatoms. The fourth-order valence-corrected chi connectivity index (χ4v) is 1.82. The van der Waals surface area contributed by atoms with E-state index in [-0.39, 0.29) is 11.4 Å². The molecule has 2 rings (SSSR count). The molecule has 21 heavy (non-hydrogen) atoms. The standard InChI is InChI=1S/C14H11N3O4/c1-7(18)9(6-15)14(20)17-11-8-4-2-3-5-10(8)21-12(11)13(16)19/h2-5,18H,1H3,(H2,16,19)(H,17,20)/b9-7+. The highest BCUT2D eigenvalue weighted by Gasteiger charge is 2.22. The van der Waals surface area contributed by atoms with E-state index in [1.54, 1.807) is 30.3 Å². The predicted octanol–water partition coefficient (Wildman–Crippen LogP) is 1.83. The summed E-state index contributed by atoms with van der Waals surface area (Å²) < 4.78 is 5.28. The third kappa shape index (κ3) is 2.55. The lowest BCUT2D eigenvalue weighted by atomic mass is 10.2. The number of nitrogens with two attached hydrogens (primary N) is 1. The van der Waals surface area contributed by atoms with E-state index in [0.29, 0.717) is 11.0 Å². The number of allylic oxidation sites excluding steroid dienone is 1. The number of primary amides is 1. The molecule has 0 bridgehead atoms. The van der Waals surface area contributed by atoms with Crippen molar-refractivity contribution in [3.8, 4) is 6.07 Å². The normalized spacial score (nSPS) is 11.6. The average Bonchev–Trinajstić information content (AvgIpc) is 2.78. The van der Waals surface area contributed by atoms with Gasteiger partial charge in [0.1, 0.15) is 23.1 Å². The molecular formula is C14H11N3O4. The number of nitrogens with one attached hydrogen (secondary N) is 1. The third-order valence-electron chi connectivity index (χ3n) is 2.76. The van der Waals surface area contributed by atoms with Crippen LogP contribution in [0.2, 0.25) is 0 Å². The van der Waals surface area contributed by atoms with Crippen LogP contribution in [0.25, 0.3) is 11.0 Å². The molecule has 1 heterocycles. The maximum atomic E-state index is 12.0. The molecule has 4 N–H and O–H groups in total. The topological polar surface area (TPSA) is 129 Å². The van der Waals surface area contributed by atoms with Crippen LogP contribution in [0.15, 0.2) is 40.0 Å². The van der Waals surface area contributed by atoms with Crippen LogP contribution in [0.4, 0.5) is 5.69 Å². The van der Waals surface area contributed by atoms with Crippen LogP contribution in [0, 0.1) is 11.3 Å². The number of nitrogens with zero attached hydrogens (tertiary/aromatic N) is 1. The second-order valence-electron chi connectivity index (χ2n) is 4.19. The number of carbonyl (C=O) groups excluding carboxylic acids is 2. The summed E-state index contributed by atoms with van der Waals surface area (Å²) in [5.41, 5.74) is 5.18. The Morgan fingerprint density at radius 2 is 2.05 bits per heavy atom. The summed E-state index contributed by atoms with van der Waals surface area (Å²) in [5.74, 6) is -2.36. The number of hydrogen-bond acceptors (Lipinski definition) is 5. The number of amides is 2. The zero-order chi connectivity index (χ0) is 15.6. The largest absolute Gasteiger partial charge is 0.511 e. The van der Waals surface area contributed by atoms with Crippen LogP contribution >= 0.6 is 0 Å². The quantitative estimate of drug-likeness (QED) is 0.450. The molecule has 1 aromatic heterocycles. The number of anilines is 1. The SMILES string of the molecule is C/C(O)=C(/C#N)C(=O)Nc1c(C(N)=O)oc2ccccc12. The summed E-state index contributed by atoms with van der Waals surface area (Å²) in [6.07, 6.45) is 0.